The van der Waals surface area contributed by atoms with E-state index in [1.165, 1.54) is 0 Å². The molecule has 0 aliphatic rings. The van der Waals surface area contributed by atoms with Gasteiger partial charge in [0.05, 0.1) is 0 Å². The van der Waals surface area contributed by atoms with E-state index in [-0.39, 0.29) is 4.92 Å². The molecule has 82 valence electrons. The van der Waals surface area contributed by atoms with Crippen molar-refractivity contribution in [1.82, 2.24) is 0 Å². The molecule has 0 saturated carbocycles. The Morgan fingerprint density at radius 2 is 1.08 bits per heavy atom. The van der Waals surface area contributed by atoms with Crippen LogP contribution in [0.5, 0.6) is 0 Å². The van der Waals surface area contributed by atoms with Crippen molar-refractivity contribution >= 4 is 77.1 Å². The average Bonchev–Trinajstić information content (AvgIpc) is 1.47. The Morgan fingerprint density at radius 3 is 1.08 bits per heavy atom. The fraction of sp³-hybridized carbons (Fsp3) is 1.00. The molecule has 0 spiro atoms. The second-order valence-corrected chi connectivity index (χ2v) is 45.2. The number of halogens is 3. The van der Waals surface area contributed by atoms with Gasteiger partial charge in [-0.25, -0.2) is 0 Å². The maximum absolute atomic E-state index is 9.14. The first-order chi connectivity index (χ1) is 5.44. The molecular weight excluding hydrogens is 584 g/mol. The van der Waals surface area contributed by atoms with Crippen molar-refractivity contribution in [2.24, 2.45) is 0 Å². The molecule has 0 amide bonds. The van der Waals surface area contributed by atoms with E-state index in [0.29, 0.717) is 0 Å². The van der Waals surface area contributed by atoms with Crippen LogP contribution in [0.2, 0.25) is 26.2 Å². The minimum absolute atomic E-state index is 0.278. The Morgan fingerprint density at radius 1 is 0.923 bits per heavy atom. The summed E-state index contributed by atoms with van der Waals surface area (Å²) in [6.07, 6.45) is 0. The third kappa shape index (κ3) is 31.3. The summed E-state index contributed by atoms with van der Waals surface area (Å²) in [5.74, 6) is 0. The summed E-state index contributed by atoms with van der Waals surface area (Å²) >= 11 is 7.39. The summed E-state index contributed by atoms with van der Waals surface area (Å²) in [7, 11) is -4.96. The van der Waals surface area contributed by atoms with Crippen molar-refractivity contribution in [3.63, 3.8) is 0 Å². The predicted molar refractivity (Wildman–Crippen MR) is 82.5 cm³/mol. The monoisotopic (exact) mass is 598 g/mol. The van der Waals surface area contributed by atoms with Crippen LogP contribution in [0.15, 0.2) is 0 Å². The Kier molecular flexibility index (Phi) is 11.7. The second kappa shape index (κ2) is 8.22. The molecule has 0 saturated heterocycles. The summed E-state index contributed by atoms with van der Waals surface area (Å²) in [6, 6.07) is 0. The SMILES string of the molecule is C[Si](C)(O)O[Si](C)(C)O.[I][V]([I])[I]. The first kappa shape index (κ1) is 18.5. The van der Waals surface area contributed by atoms with Crippen LogP contribution in [0.3, 0.4) is 0 Å². The van der Waals surface area contributed by atoms with E-state index in [2.05, 4.69) is 59.9 Å². The molecule has 0 aromatic rings. The molecule has 13 heavy (non-hydrogen) atoms. The molecule has 0 unspecified atom stereocenters. The normalized spacial score (nSPS) is 12.5. The molecule has 0 bridgehead atoms. The van der Waals surface area contributed by atoms with Gasteiger partial charge in [-0.05, 0) is 26.2 Å². The summed E-state index contributed by atoms with van der Waals surface area (Å²) in [4.78, 5) is 18.0. The second-order valence-electron chi connectivity index (χ2n) is 3.19. The van der Waals surface area contributed by atoms with Crippen molar-refractivity contribution in [2.45, 2.75) is 26.2 Å². The van der Waals surface area contributed by atoms with Crippen LogP contribution in [0, 0.1) is 0 Å². The van der Waals surface area contributed by atoms with E-state index in [9.17, 15) is 0 Å². The fourth-order valence-electron chi connectivity index (χ4n) is 0.611. The van der Waals surface area contributed by atoms with E-state index in [0.717, 1.165) is 0 Å². The van der Waals surface area contributed by atoms with E-state index >= 15 is 0 Å². The number of hydrogen-bond acceptors (Lipinski definition) is 3. The topological polar surface area (TPSA) is 49.7 Å². The van der Waals surface area contributed by atoms with Gasteiger partial charge in [-0.3, -0.25) is 0 Å². The van der Waals surface area contributed by atoms with Crippen LogP contribution in [-0.4, -0.2) is 26.7 Å². The van der Waals surface area contributed by atoms with Crippen LogP contribution in [0.25, 0.3) is 0 Å². The van der Waals surface area contributed by atoms with Crippen molar-refractivity contribution < 1.29 is 18.6 Å². The maximum atomic E-state index is 9.14. The van der Waals surface area contributed by atoms with Gasteiger partial charge >= 0.3 is 82.0 Å². The molecule has 9 heteroatoms. The number of hydrogen-bond donors (Lipinski definition) is 2. The third-order valence-electron chi connectivity index (χ3n) is 0.500. The molecule has 0 aliphatic carbocycles. The van der Waals surface area contributed by atoms with Crippen LogP contribution in [-0.2, 0) is 9.04 Å². The first-order valence-electron chi connectivity index (χ1n) is 3.36. The molecule has 0 heterocycles. The molecule has 0 aromatic carbocycles. The Hall–Kier alpha value is 3.09. The molecular formula is C4H14I3O3Si2V. The van der Waals surface area contributed by atoms with E-state index < -0.39 is 17.1 Å². The van der Waals surface area contributed by atoms with Crippen LogP contribution in [0.4, 0.5) is 0 Å². The van der Waals surface area contributed by atoms with Crippen LogP contribution >= 0.6 is 59.9 Å². The van der Waals surface area contributed by atoms with Crippen LogP contribution < -0.4 is 0 Å². The van der Waals surface area contributed by atoms with Gasteiger partial charge in [-0.1, -0.05) is 0 Å². The van der Waals surface area contributed by atoms with Gasteiger partial charge in [0.15, 0.2) is 0 Å². The predicted octanol–water partition coefficient (Wildman–Crippen LogP) is 3.05. The summed E-state index contributed by atoms with van der Waals surface area (Å²) in [6.45, 7) is 6.55. The third-order valence-corrected chi connectivity index (χ3v) is 4.50. The molecule has 0 aliphatic heterocycles. The minimum atomic E-state index is -2.48. The van der Waals surface area contributed by atoms with E-state index in [1.807, 2.05) is 0 Å². The summed E-state index contributed by atoms with van der Waals surface area (Å²) < 4.78 is 5.01. The van der Waals surface area contributed by atoms with Crippen molar-refractivity contribution in [3.05, 3.63) is 0 Å². The molecule has 2 N–H and O–H groups in total. The van der Waals surface area contributed by atoms with Crippen molar-refractivity contribution in [1.29, 1.82) is 0 Å². The van der Waals surface area contributed by atoms with Gasteiger partial charge < -0.3 is 13.7 Å². The molecule has 0 rings (SSSR count). The average molecular weight is 598 g/mol. The Labute approximate surface area is 120 Å². The van der Waals surface area contributed by atoms with Gasteiger partial charge in [0, 0.05) is 0 Å². The van der Waals surface area contributed by atoms with E-state index in [4.69, 9.17) is 13.7 Å². The molecule has 0 atom stereocenters. The van der Waals surface area contributed by atoms with Gasteiger partial charge in [-0.15, -0.1) is 0 Å². The van der Waals surface area contributed by atoms with Crippen molar-refractivity contribution in [2.75, 3.05) is 0 Å². The van der Waals surface area contributed by atoms with Gasteiger partial charge in [0.25, 0.3) is 0 Å². The molecule has 3 nitrogen and oxygen atoms in total. The van der Waals surface area contributed by atoms with Crippen molar-refractivity contribution in [3.8, 4) is 0 Å². The molecule has 0 aromatic heterocycles. The summed E-state index contributed by atoms with van der Waals surface area (Å²) in [5.41, 5.74) is 0. The Bertz CT molecular complexity index is 121. The van der Waals surface area contributed by atoms with Gasteiger partial charge in [0.1, 0.15) is 0 Å². The quantitative estimate of drug-likeness (QED) is 0.380. The van der Waals surface area contributed by atoms with Gasteiger partial charge in [-0.2, -0.15) is 0 Å². The molecule has 0 fully saturated rings. The molecule has 0 radical (unpaired) electrons. The zero-order valence-corrected chi connectivity index (χ0v) is 17.8. The standard InChI is InChI=1S/C4H14O3Si2.3HI.V/c1-8(2,5)7-9(3,4)6;;;;/h5-6H,1-4H3;3*1H;/q;;;;+3/p-3. The first-order valence-corrected chi connectivity index (χ1v) is 22.6. The Balaban J connectivity index is 0. The van der Waals surface area contributed by atoms with Crippen LogP contribution in [0.1, 0.15) is 0 Å². The zero-order chi connectivity index (χ0) is 11.3. The van der Waals surface area contributed by atoms with E-state index in [1.54, 1.807) is 26.2 Å². The summed E-state index contributed by atoms with van der Waals surface area (Å²) in [5, 5.41) is 0. The fourth-order valence-corrected chi connectivity index (χ4v) is 5.50. The zero-order valence-electron chi connectivity index (χ0n) is 7.88. The number of rotatable bonds is 2. The van der Waals surface area contributed by atoms with Gasteiger partial charge in [0.2, 0.25) is 0 Å².